The Labute approximate surface area is 206 Å². The minimum absolute atomic E-state index is 0.0629. The van der Waals surface area contributed by atoms with Crippen LogP contribution in [0.15, 0.2) is 36.4 Å². The van der Waals surface area contributed by atoms with Crippen LogP contribution < -0.4 is 10.6 Å². The number of carbonyl (C=O) groups is 3. The molecule has 1 aromatic rings. The van der Waals surface area contributed by atoms with Crippen LogP contribution in [-0.4, -0.2) is 52.5 Å². The maximum Gasteiger partial charge on any atom is 0.246 e. The van der Waals surface area contributed by atoms with Crippen molar-refractivity contribution in [2.75, 3.05) is 5.32 Å². The Morgan fingerprint density at radius 3 is 2.40 bits per heavy atom. The predicted molar refractivity (Wildman–Crippen MR) is 132 cm³/mol. The first-order valence-electron chi connectivity index (χ1n) is 13.3. The van der Waals surface area contributed by atoms with Gasteiger partial charge >= 0.3 is 0 Å². The van der Waals surface area contributed by atoms with Gasteiger partial charge in [-0.1, -0.05) is 57.4 Å². The molecule has 5 aliphatic rings. The summed E-state index contributed by atoms with van der Waals surface area (Å²) in [5.74, 6) is -1.37. The molecule has 5 atom stereocenters. The van der Waals surface area contributed by atoms with Crippen molar-refractivity contribution in [3.63, 3.8) is 0 Å². The van der Waals surface area contributed by atoms with Crippen LogP contribution in [0.1, 0.15) is 70.3 Å². The summed E-state index contributed by atoms with van der Waals surface area (Å²) in [6, 6.07) is 7.34. The Bertz CT molecular complexity index is 1060. The molecule has 2 bridgehead atoms. The first kappa shape index (κ1) is 22.8. The molecule has 0 radical (unpaired) electrons. The lowest BCUT2D eigenvalue weighted by Crippen LogP contribution is -2.57. The molecular formula is C28H35N3O4. The van der Waals surface area contributed by atoms with E-state index in [1.165, 1.54) is 12.0 Å². The van der Waals surface area contributed by atoms with Gasteiger partial charge in [0, 0.05) is 17.8 Å². The second-order valence-electron chi connectivity index (χ2n) is 11.3. The number of hydrogen-bond donors (Lipinski definition) is 2. The zero-order valence-corrected chi connectivity index (χ0v) is 20.5. The van der Waals surface area contributed by atoms with Gasteiger partial charge in [-0.25, -0.2) is 0 Å². The molecule has 3 aliphatic heterocycles. The average molecular weight is 478 g/mol. The molecule has 3 amide bonds. The first-order valence-corrected chi connectivity index (χ1v) is 13.3. The van der Waals surface area contributed by atoms with Gasteiger partial charge in [-0.15, -0.1) is 0 Å². The smallest absolute Gasteiger partial charge is 0.246 e. The van der Waals surface area contributed by atoms with Crippen molar-refractivity contribution in [3.8, 4) is 0 Å². The number of nitrogens with zero attached hydrogens (tertiary/aromatic N) is 1. The fourth-order valence-electron chi connectivity index (χ4n) is 6.66. The van der Waals surface area contributed by atoms with Crippen molar-refractivity contribution in [1.82, 2.24) is 10.2 Å². The summed E-state index contributed by atoms with van der Waals surface area (Å²) >= 11 is 0. The predicted octanol–water partition coefficient (Wildman–Crippen LogP) is 3.51. The highest BCUT2D eigenvalue weighted by atomic mass is 16.5. The van der Waals surface area contributed by atoms with Crippen LogP contribution >= 0.6 is 0 Å². The van der Waals surface area contributed by atoms with Crippen LogP contribution in [0.25, 0.3) is 0 Å². The second kappa shape index (κ2) is 8.47. The molecule has 2 aliphatic carbocycles. The first-order chi connectivity index (χ1) is 16.9. The van der Waals surface area contributed by atoms with Crippen LogP contribution in [0.3, 0.4) is 0 Å². The van der Waals surface area contributed by atoms with E-state index in [-0.39, 0.29) is 29.8 Å². The maximum atomic E-state index is 13.8. The van der Waals surface area contributed by atoms with Gasteiger partial charge in [0.2, 0.25) is 17.7 Å². The number of likely N-dealkylation sites (tertiary alicyclic amines) is 1. The highest BCUT2D eigenvalue weighted by Gasteiger charge is 2.74. The molecular weight excluding hydrogens is 442 g/mol. The van der Waals surface area contributed by atoms with Gasteiger partial charge in [0.15, 0.2) is 0 Å². The van der Waals surface area contributed by atoms with Gasteiger partial charge < -0.3 is 20.3 Å². The number of benzene rings is 1. The van der Waals surface area contributed by atoms with Crippen molar-refractivity contribution in [3.05, 3.63) is 42.0 Å². The summed E-state index contributed by atoms with van der Waals surface area (Å²) < 4.78 is 6.41. The molecule has 1 aromatic carbocycles. The van der Waals surface area contributed by atoms with Crippen LogP contribution in [-0.2, 0) is 19.1 Å². The molecule has 7 heteroatoms. The number of carbonyl (C=O) groups excluding carboxylic acids is 3. The Morgan fingerprint density at radius 2 is 1.74 bits per heavy atom. The van der Waals surface area contributed by atoms with E-state index in [4.69, 9.17) is 4.74 Å². The van der Waals surface area contributed by atoms with E-state index in [2.05, 4.69) is 24.5 Å². The summed E-state index contributed by atoms with van der Waals surface area (Å²) in [5.41, 5.74) is 0.842. The number of fused-ring (bicyclic) bond motifs is 1. The molecule has 4 fully saturated rings. The van der Waals surface area contributed by atoms with E-state index in [9.17, 15) is 14.4 Å². The van der Waals surface area contributed by atoms with Crippen molar-refractivity contribution in [1.29, 1.82) is 0 Å². The molecule has 186 valence electrons. The van der Waals surface area contributed by atoms with Crippen LogP contribution in [0.5, 0.6) is 0 Å². The maximum absolute atomic E-state index is 13.8. The largest absolute Gasteiger partial charge is 0.359 e. The van der Waals surface area contributed by atoms with Gasteiger partial charge in [-0.3, -0.25) is 14.4 Å². The summed E-state index contributed by atoms with van der Waals surface area (Å²) in [5, 5.41) is 6.25. The van der Waals surface area contributed by atoms with Crippen molar-refractivity contribution < 1.29 is 19.1 Å². The number of rotatable bonds is 6. The highest BCUT2D eigenvalue weighted by Crippen LogP contribution is 2.57. The lowest BCUT2D eigenvalue weighted by atomic mass is 9.74. The van der Waals surface area contributed by atoms with Gasteiger partial charge in [0.05, 0.1) is 17.9 Å². The van der Waals surface area contributed by atoms with E-state index in [1.807, 2.05) is 36.4 Å². The number of anilines is 1. The van der Waals surface area contributed by atoms with Crippen molar-refractivity contribution in [2.24, 2.45) is 11.8 Å². The lowest BCUT2D eigenvalue weighted by molar-refractivity contribution is -0.142. The molecule has 3 heterocycles. The molecule has 0 unspecified atom stereocenters. The van der Waals surface area contributed by atoms with E-state index < -0.39 is 29.6 Å². The Morgan fingerprint density at radius 1 is 1.03 bits per heavy atom. The van der Waals surface area contributed by atoms with E-state index in [0.29, 0.717) is 11.6 Å². The molecule has 1 spiro atoms. The number of hydrogen-bond acceptors (Lipinski definition) is 4. The third kappa shape index (κ3) is 3.70. The molecule has 0 aromatic heterocycles. The van der Waals surface area contributed by atoms with E-state index in [1.54, 1.807) is 4.90 Å². The van der Waals surface area contributed by atoms with E-state index >= 15 is 0 Å². The Kier molecular flexibility index (Phi) is 5.51. The van der Waals surface area contributed by atoms with Crippen LogP contribution in [0, 0.1) is 11.8 Å². The van der Waals surface area contributed by atoms with Gasteiger partial charge in [0.25, 0.3) is 0 Å². The highest BCUT2D eigenvalue weighted by molar-refractivity contribution is 6.03. The summed E-state index contributed by atoms with van der Waals surface area (Å²) in [6.45, 7) is 4.26. The minimum atomic E-state index is -1.06. The number of ether oxygens (including phenoxy) is 1. The Balaban J connectivity index is 1.26. The minimum Gasteiger partial charge on any atom is -0.359 e. The SMILES string of the molecule is CC(C)c1ccc(NC(=O)[C@H]2[C@H]3C=C[C@@]4(O3)[C@H]2C(=O)N(C2CC2)[C@@H]4C(=O)NC2CCCCC2)cc1. The molecule has 2 saturated carbocycles. The zero-order chi connectivity index (χ0) is 24.3. The molecule has 2 N–H and O–H groups in total. The van der Waals surface area contributed by atoms with Crippen LogP contribution in [0.4, 0.5) is 5.69 Å². The quantitative estimate of drug-likeness (QED) is 0.614. The zero-order valence-electron chi connectivity index (χ0n) is 20.5. The monoisotopic (exact) mass is 477 g/mol. The standard InChI is InChI=1S/C28H35N3O4/c1-16(2)17-8-10-19(11-9-17)29-25(32)22-21-14-15-28(35-21)23(22)27(34)31(20-12-13-20)24(28)26(33)30-18-6-4-3-5-7-18/h8-11,14-16,18,20-24H,3-7,12-13H2,1-2H3,(H,29,32)(H,30,33)/t21-,22+,23-,24-,28-/m1/s1. The third-order valence-electron chi connectivity index (χ3n) is 8.60. The van der Waals surface area contributed by atoms with Crippen molar-refractivity contribution >= 4 is 23.4 Å². The van der Waals surface area contributed by atoms with Crippen LogP contribution in [0.2, 0.25) is 0 Å². The van der Waals surface area contributed by atoms with Gasteiger partial charge in [-0.2, -0.15) is 0 Å². The lowest BCUT2D eigenvalue weighted by Gasteiger charge is -2.34. The fourth-order valence-corrected chi connectivity index (χ4v) is 6.66. The summed E-state index contributed by atoms with van der Waals surface area (Å²) in [4.78, 5) is 42.7. The Hall–Kier alpha value is -2.67. The molecule has 7 nitrogen and oxygen atoms in total. The number of nitrogens with one attached hydrogen (secondary N) is 2. The molecule has 2 saturated heterocycles. The topological polar surface area (TPSA) is 87.7 Å². The van der Waals surface area contributed by atoms with Gasteiger partial charge in [-0.05, 0) is 49.3 Å². The summed E-state index contributed by atoms with van der Waals surface area (Å²) in [7, 11) is 0. The van der Waals surface area contributed by atoms with Gasteiger partial charge in [0.1, 0.15) is 11.6 Å². The fraction of sp³-hybridized carbons (Fsp3) is 0.607. The molecule has 6 rings (SSSR count). The summed E-state index contributed by atoms with van der Waals surface area (Å²) in [6.07, 6.45) is 10.5. The normalized spacial score (nSPS) is 33.9. The average Bonchev–Trinajstić information content (AvgIpc) is 3.44. The van der Waals surface area contributed by atoms with Crippen molar-refractivity contribution in [2.45, 2.75) is 94.5 Å². The second-order valence-corrected chi connectivity index (χ2v) is 11.3. The third-order valence-corrected chi connectivity index (χ3v) is 8.60. The van der Waals surface area contributed by atoms with E-state index in [0.717, 1.165) is 38.5 Å². The molecule has 35 heavy (non-hydrogen) atoms. The number of amides is 3.